The van der Waals surface area contributed by atoms with Gasteiger partial charge in [0.2, 0.25) is 0 Å². The number of fused-ring (bicyclic) bond motifs is 2. The molecular weight excluding hydrogens is 534 g/mol. The number of hydrogen-bond acceptors (Lipinski definition) is 7. The Kier molecular flexibility index (Phi) is 6.94. The van der Waals surface area contributed by atoms with Crippen molar-refractivity contribution in [2.45, 2.75) is 65.3 Å². The second-order valence-corrected chi connectivity index (χ2v) is 12.5. The number of anilines is 2. The Hall–Kier alpha value is -3.79. The van der Waals surface area contributed by atoms with Gasteiger partial charge >= 0.3 is 12.2 Å². The summed E-state index contributed by atoms with van der Waals surface area (Å²) in [6, 6.07) is 5.57. The number of aryl methyl sites for hydroxylation is 1. The van der Waals surface area contributed by atoms with E-state index < -0.39 is 17.3 Å². The minimum atomic E-state index is -0.755. The summed E-state index contributed by atoms with van der Waals surface area (Å²) in [6.07, 6.45) is 4.34. The number of aromatic nitrogens is 3. The lowest BCUT2D eigenvalue weighted by atomic mass is 9.91. The largest absolute Gasteiger partial charge is 0.485 e. The zero-order valence-corrected chi connectivity index (χ0v) is 24.6. The summed E-state index contributed by atoms with van der Waals surface area (Å²) in [4.78, 5) is 34.0. The van der Waals surface area contributed by atoms with E-state index in [1.807, 2.05) is 73.0 Å². The van der Waals surface area contributed by atoms with Crippen molar-refractivity contribution in [3.05, 3.63) is 52.9 Å². The van der Waals surface area contributed by atoms with Crippen molar-refractivity contribution in [2.24, 2.45) is 7.05 Å². The predicted octanol–water partition coefficient (Wildman–Crippen LogP) is 6.44. The van der Waals surface area contributed by atoms with Crippen LogP contribution in [-0.4, -0.2) is 56.1 Å². The number of pyridine rings is 1. The third-order valence-electron chi connectivity index (χ3n) is 6.49. The number of nitrogens with zero attached hydrogens (tertiary/aromatic N) is 5. The van der Waals surface area contributed by atoms with Crippen LogP contribution in [0, 0.1) is 0 Å². The molecular formula is C29H34ClN5O5. The van der Waals surface area contributed by atoms with E-state index in [0.717, 1.165) is 16.7 Å². The molecule has 1 aromatic carbocycles. The smallest absolute Gasteiger partial charge is 0.420 e. The van der Waals surface area contributed by atoms with Gasteiger partial charge in [-0.2, -0.15) is 5.10 Å². The van der Waals surface area contributed by atoms with Crippen molar-refractivity contribution in [3.63, 3.8) is 0 Å². The van der Waals surface area contributed by atoms with E-state index in [4.69, 9.17) is 25.8 Å². The van der Waals surface area contributed by atoms with Crippen LogP contribution >= 0.6 is 11.6 Å². The summed E-state index contributed by atoms with van der Waals surface area (Å²) in [5, 5.41) is 4.65. The Morgan fingerprint density at radius 2 is 1.73 bits per heavy atom. The van der Waals surface area contributed by atoms with Crippen LogP contribution in [0.25, 0.3) is 11.1 Å². The van der Waals surface area contributed by atoms with E-state index >= 15 is 0 Å². The number of amides is 2. The Morgan fingerprint density at radius 1 is 1.05 bits per heavy atom. The van der Waals surface area contributed by atoms with Gasteiger partial charge in [-0.25, -0.2) is 19.5 Å². The van der Waals surface area contributed by atoms with Crippen LogP contribution in [0.5, 0.6) is 5.75 Å². The highest BCUT2D eigenvalue weighted by molar-refractivity contribution is 6.33. The molecule has 0 atom stereocenters. The first-order valence-corrected chi connectivity index (χ1v) is 13.5. The van der Waals surface area contributed by atoms with Gasteiger partial charge in [-0.1, -0.05) is 11.6 Å². The maximum atomic E-state index is 13.8. The molecule has 0 aliphatic carbocycles. The number of benzene rings is 1. The maximum Gasteiger partial charge on any atom is 0.420 e. The van der Waals surface area contributed by atoms with Crippen LogP contribution in [0.15, 0.2) is 36.8 Å². The first kappa shape index (κ1) is 27.8. The fourth-order valence-corrected chi connectivity index (χ4v) is 4.98. The van der Waals surface area contributed by atoms with Crippen molar-refractivity contribution in [2.75, 3.05) is 18.0 Å². The lowest BCUT2D eigenvalue weighted by molar-refractivity contribution is 0.00818. The molecule has 2 aliphatic heterocycles. The summed E-state index contributed by atoms with van der Waals surface area (Å²) in [6.45, 7) is 12.0. The minimum Gasteiger partial charge on any atom is -0.485 e. The molecule has 4 heterocycles. The first-order valence-electron chi connectivity index (χ1n) is 13.1. The van der Waals surface area contributed by atoms with Gasteiger partial charge in [-0.05, 0) is 70.9 Å². The quantitative estimate of drug-likeness (QED) is 0.351. The van der Waals surface area contributed by atoms with E-state index in [0.29, 0.717) is 40.9 Å². The van der Waals surface area contributed by atoms with Gasteiger partial charge in [0.25, 0.3) is 0 Å². The molecule has 10 nitrogen and oxygen atoms in total. The van der Waals surface area contributed by atoms with Crippen LogP contribution < -0.4 is 9.64 Å². The molecule has 1 saturated heterocycles. The van der Waals surface area contributed by atoms with Gasteiger partial charge in [0.15, 0.2) is 5.75 Å². The zero-order valence-electron chi connectivity index (χ0n) is 23.8. The summed E-state index contributed by atoms with van der Waals surface area (Å²) in [7, 11) is 1.84. The van der Waals surface area contributed by atoms with E-state index in [-0.39, 0.29) is 18.6 Å². The SMILES string of the molecule is Cn1cc(-c2ccnc3c2COc2c(Cl)cc(C4CN(C(=O)OC(C)(C)C)C4)cc2N3C(=O)OC(C)(C)C)cn1. The number of halogens is 1. The highest BCUT2D eigenvalue weighted by atomic mass is 35.5. The highest BCUT2D eigenvalue weighted by Crippen LogP contribution is 2.47. The Bertz CT molecular complexity index is 1470. The monoisotopic (exact) mass is 567 g/mol. The topological polar surface area (TPSA) is 99.0 Å². The molecule has 0 N–H and O–H groups in total. The molecule has 0 saturated carbocycles. The highest BCUT2D eigenvalue weighted by Gasteiger charge is 2.38. The second kappa shape index (κ2) is 9.99. The van der Waals surface area contributed by atoms with Crippen molar-refractivity contribution in [1.82, 2.24) is 19.7 Å². The van der Waals surface area contributed by atoms with E-state index in [1.54, 1.807) is 22.0 Å². The third kappa shape index (κ3) is 5.58. The molecule has 0 radical (unpaired) electrons. The molecule has 2 aliphatic rings. The van der Waals surface area contributed by atoms with Gasteiger partial charge in [0.05, 0.1) is 16.9 Å². The van der Waals surface area contributed by atoms with Crippen LogP contribution in [0.3, 0.4) is 0 Å². The van der Waals surface area contributed by atoms with Crippen molar-refractivity contribution in [1.29, 1.82) is 0 Å². The van der Waals surface area contributed by atoms with Gasteiger partial charge < -0.3 is 19.1 Å². The molecule has 40 heavy (non-hydrogen) atoms. The van der Waals surface area contributed by atoms with Crippen LogP contribution in [0.1, 0.15) is 58.6 Å². The van der Waals surface area contributed by atoms with Crippen LogP contribution in [-0.2, 0) is 23.1 Å². The van der Waals surface area contributed by atoms with E-state index in [9.17, 15) is 9.59 Å². The number of ether oxygens (including phenoxy) is 3. The van der Waals surface area contributed by atoms with Crippen molar-refractivity contribution >= 4 is 35.3 Å². The van der Waals surface area contributed by atoms with Crippen molar-refractivity contribution < 1.29 is 23.8 Å². The minimum absolute atomic E-state index is 0.00761. The second-order valence-electron chi connectivity index (χ2n) is 12.1. The van der Waals surface area contributed by atoms with Crippen LogP contribution in [0.4, 0.5) is 21.1 Å². The lowest BCUT2D eigenvalue weighted by Crippen LogP contribution is -2.50. The van der Waals surface area contributed by atoms with Gasteiger partial charge in [-0.15, -0.1) is 0 Å². The summed E-state index contributed by atoms with van der Waals surface area (Å²) < 4.78 is 19.3. The molecule has 5 rings (SSSR count). The molecule has 3 aromatic rings. The average molecular weight is 568 g/mol. The number of hydrogen-bond donors (Lipinski definition) is 0. The van der Waals surface area contributed by atoms with E-state index in [1.165, 1.54) is 4.90 Å². The molecule has 212 valence electrons. The number of likely N-dealkylation sites (tertiary alicyclic amines) is 1. The lowest BCUT2D eigenvalue weighted by Gasteiger charge is -2.40. The standard InChI is InChI=1S/C29H34ClN5O5/c1-28(2,3)39-26(36)34-14-19(15-34)17-10-22(30)24-23(11-17)35(27(37)40-29(4,5)6)25-21(16-38-24)20(8-9-31-25)18-12-32-33(7)13-18/h8-13,19H,14-16H2,1-7H3. The molecule has 0 bridgehead atoms. The fraction of sp³-hybridized carbons (Fsp3) is 0.448. The number of rotatable bonds is 2. The Morgan fingerprint density at radius 3 is 2.35 bits per heavy atom. The molecule has 11 heteroatoms. The summed E-state index contributed by atoms with van der Waals surface area (Å²) >= 11 is 6.79. The number of carbonyl (C=O) groups is 2. The molecule has 0 spiro atoms. The van der Waals surface area contributed by atoms with Gasteiger partial charge in [0, 0.05) is 49.6 Å². The Labute approximate surface area is 238 Å². The molecule has 0 unspecified atom stereocenters. The average Bonchev–Trinajstić information content (AvgIpc) is 3.13. The zero-order chi connectivity index (χ0) is 29.0. The first-order chi connectivity index (χ1) is 18.7. The maximum absolute atomic E-state index is 13.8. The van der Waals surface area contributed by atoms with Gasteiger partial charge in [-0.3, -0.25) is 4.68 Å². The fourth-order valence-electron chi connectivity index (χ4n) is 4.71. The molecule has 2 amide bonds. The number of carbonyl (C=O) groups excluding carboxylic acids is 2. The molecule has 2 aromatic heterocycles. The van der Waals surface area contributed by atoms with E-state index in [2.05, 4.69) is 10.1 Å². The Balaban J connectivity index is 1.56. The van der Waals surface area contributed by atoms with Crippen molar-refractivity contribution in [3.8, 4) is 16.9 Å². The normalized spacial score (nSPS) is 15.4. The third-order valence-corrected chi connectivity index (χ3v) is 6.77. The van der Waals surface area contributed by atoms with Gasteiger partial charge in [0.1, 0.15) is 23.6 Å². The molecule has 1 fully saturated rings. The summed E-state index contributed by atoms with van der Waals surface area (Å²) in [5.74, 6) is 0.759. The summed E-state index contributed by atoms with van der Waals surface area (Å²) in [5.41, 5.74) is 2.38. The predicted molar refractivity (Wildman–Crippen MR) is 151 cm³/mol. The van der Waals surface area contributed by atoms with Crippen LogP contribution in [0.2, 0.25) is 5.02 Å².